The van der Waals surface area contributed by atoms with E-state index in [9.17, 15) is 20.3 Å². The number of likely N-dealkylation sites (tertiary alicyclic amines) is 1. The number of carbonyl (C=O) groups is 1. The summed E-state index contributed by atoms with van der Waals surface area (Å²) in [6.45, 7) is 1.25. The molecule has 2 aliphatic rings. The molecular weight excluding hydrogens is 332 g/mol. The second kappa shape index (κ2) is 8.00. The highest BCUT2D eigenvalue weighted by atomic mass is 16.3. The summed E-state index contributed by atoms with van der Waals surface area (Å²) in [5.41, 5.74) is 3.04. The number of carbonyl (C=O) groups excluding carboxylic acids is 1. The number of ketones is 1. The van der Waals surface area contributed by atoms with E-state index in [1.54, 1.807) is 18.2 Å². The molecule has 0 aromatic heterocycles. The van der Waals surface area contributed by atoms with Crippen molar-refractivity contribution in [2.45, 2.75) is 31.8 Å². The van der Waals surface area contributed by atoms with Gasteiger partial charge >= 0.3 is 0 Å². The van der Waals surface area contributed by atoms with Crippen LogP contribution in [0.15, 0.2) is 23.8 Å². The normalized spacial score (nSPS) is 19.3. The van der Waals surface area contributed by atoms with Gasteiger partial charge in [-0.2, -0.15) is 5.26 Å². The standard InChI is InChI=1S/C20H24N2O4/c21-11-17-18(25)10-14-1-2-15(19(26)12-24)9-16(14)20(17)22-6-3-13(4-7-22)5-8-23/h1-2,9,13,19,23-24,26H,3-8,10,12H2. The third kappa shape index (κ3) is 3.51. The van der Waals surface area contributed by atoms with Crippen LogP contribution < -0.4 is 0 Å². The zero-order valence-electron chi connectivity index (χ0n) is 14.7. The van der Waals surface area contributed by atoms with E-state index < -0.39 is 6.10 Å². The Morgan fingerprint density at radius 2 is 2.00 bits per heavy atom. The lowest BCUT2D eigenvalue weighted by Gasteiger charge is -2.37. The van der Waals surface area contributed by atoms with E-state index in [1.165, 1.54) is 0 Å². The van der Waals surface area contributed by atoms with Gasteiger partial charge in [-0.15, -0.1) is 0 Å². The van der Waals surface area contributed by atoms with Crippen molar-refractivity contribution in [2.75, 3.05) is 26.3 Å². The molecule has 1 aromatic carbocycles. The van der Waals surface area contributed by atoms with Crippen LogP contribution in [0.5, 0.6) is 0 Å². The summed E-state index contributed by atoms with van der Waals surface area (Å²) in [6, 6.07) is 7.38. The first kappa shape index (κ1) is 18.6. The molecule has 0 saturated carbocycles. The molecular formula is C20H24N2O4. The highest BCUT2D eigenvalue weighted by Gasteiger charge is 2.31. The predicted molar refractivity (Wildman–Crippen MR) is 95.7 cm³/mol. The van der Waals surface area contributed by atoms with E-state index in [-0.39, 0.29) is 31.0 Å². The summed E-state index contributed by atoms with van der Waals surface area (Å²) in [6.07, 6.45) is 1.79. The van der Waals surface area contributed by atoms with Gasteiger partial charge in [0.15, 0.2) is 5.78 Å². The Kier molecular flexibility index (Phi) is 5.72. The first-order valence-corrected chi connectivity index (χ1v) is 9.04. The lowest BCUT2D eigenvalue weighted by atomic mass is 9.85. The molecule has 1 aliphatic heterocycles. The Morgan fingerprint density at radius 1 is 1.27 bits per heavy atom. The topological polar surface area (TPSA) is 105 Å². The molecule has 0 bridgehead atoms. The van der Waals surface area contributed by atoms with Crippen LogP contribution in [0.4, 0.5) is 0 Å². The largest absolute Gasteiger partial charge is 0.396 e. The number of aliphatic hydroxyl groups excluding tert-OH is 3. The molecule has 1 heterocycles. The third-order valence-electron chi connectivity index (χ3n) is 5.39. The number of aliphatic hydroxyl groups is 3. The number of allylic oxidation sites excluding steroid dienone is 1. The number of benzene rings is 1. The van der Waals surface area contributed by atoms with Crippen LogP contribution in [0.25, 0.3) is 5.70 Å². The lowest BCUT2D eigenvalue weighted by Crippen LogP contribution is -2.35. The molecule has 0 spiro atoms. The maximum absolute atomic E-state index is 12.5. The number of nitrogens with zero attached hydrogens (tertiary/aromatic N) is 2. The Labute approximate surface area is 153 Å². The smallest absolute Gasteiger partial charge is 0.179 e. The number of hydrogen-bond acceptors (Lipinski definition) is 6. The van der Waals surface area contributed by atoms with Crippen molar-refractivity contribution in [3.05, 3.63) is 40.5 Å². The van der Waals surface area contributed by atoms with E-state index in [0.717, 1.165) is 43.5 Å². The number of Topliss-reactive ketones (excluding diaryl/α,β-unsaturated/α-hetero) is 1. The second-order valence-electron chi connectivity index (χ2n) is 6.99. The number of fused-ring (bicyclic) bond motifs is 1. The van der Waals surface area contributed by atoms with Crippen molar-refractivity contribution in [3.63, 3.8) is 0 Å². The molecule has 6 heteroatoms. The molecule has 1 fully saturated rings. The molecule has 1 aromatic rings. The minimum absolute atomic E-state index is 0.175. The molecule has 0 radical (unpaired) electrons. The van der Waals surface area contributed by atoms with Gasteiger partial charge in [-0.1, -0.05) is 12.1 Å². The Balaban J connectivity index is 1.99. The first-order chi connectivity index (χ1) is 12.6. The van der Waals surface area contributed by atoms with Crippen LogP contribution >= 0.6 is 0 Å². The van der Waals surface area contributed by atoms with Gasteiger partial charge < -0.3 is 20.2 Å². The predicted octanol–water partition coefficient (Wildman–Crippen LogP) is 1.17. The van der Waals surface area contributed by atoms with Gasteiger partial charge in [0, 0.05) is 31.7 Å². The number of piperidine rings is 1. The van der Waals surface area contributed by atoms with Crippen molar-refractivity contribution in [2.24, 2.45) is 5.92 Å². The van der Waals surface area contributed by atoms with E-state index in [0.29, 0.717) is 17.2 Å². The van der Waals surface area contributed by atoms with Gasteiger partial charge in [0.2, 0.25) is 0 Å². The van der Waals surface area contributed by atoms with Gasteiger partial charge in [-0.25, -0.2) is 0 Å². The van der Waals surface area contributed by atoms with Crippen molar-refractivity contribution in [3.8, 4) is 6.07 Å². The summed E-state index contributed by atoms with van der Waals surface area (Å²) in [7, 11) is 0. The summed E-state index contributed by atoms with van der Waals surface area (Å²) in [5, 5.41) is 37.9. The van der Waals surface area contributed by atoms with E-state index >= 15 is 0 Å². The van der Waals surface area contributed by atoms with Crippen LogP contribution in [0, 0.1) is 17.2 Å². The average Bonchev–Trinajstić information content (AvgIpc) is 2.67. The highest BCUT2D eigenvalue weighted by Crippen LogP contribution is 2.36. The average molecular weight is 356 g/mol. The van der Waals surface area contributed by atoms with Crippen molar-refractivity contribution < 1.29 is 20.1 Å². The molecule has 1 unspecified atom stereocenters. The SMILES string of the molecule is N#CC1=C(N2CCC(CCO)CC2)c2cc(C(O)CO)ccc2CC1=O. The Morgan fingerprint density at radius 3 is 2.62 bits per heavy atom. The zero-order valence-corrected chi connectivity index (χ0v) is 14.7. The minimum Gasteiger partial charge on any atom is -0.396 e. The summed E-state index contributed by atoms with van der Waals surface area (Å²) in [5.74, 6) is 0.284. The number of hydrogen-bond donors (Lipinski definition) is 3. The van der Waals surface area contributed by atoms with Gasteiger partial charge in [0.25, 0.3) is 0 Å². The minimum atomic E-state index is -0.986. The van der Waals surface area contributed by atoms with Gasteiger partial charge in [-0.3, -0.25) is 4.79 Å². The molecule has 0 amide bonds. The van der Waals surface area contributed by atoms with Crippen LogP contribution in [0.1, 0.15) is 42.1 Å². The molecule has 6 nitrogen and oxygen atoms in total. The lowest BCUT2D eigenvalue weighted by molar-refractivity contribution is -0.114. The molecule has 1 atom stereocenters. The van der Waals surface area contributed by atoms with Crippen LogP contribution in [-0.4, -0.2) is 52.3 Å². The van der Waals surface area contributed by atoms with Crippen molar-refractivity contribution >= 4 is 11.5 Å². The van der Waals surface area contributed by atoms with Crippen molar-refractivity contribution in [1.29, 1.82) is 5.26 Å². The summed E-state index contributed by atoms with van der Waals surface area (Å²) < 4.78 is 0. The third-order valence-corrected chi connectivity index (χ3v) is 5.39. The quantitative estimate of drug-likeness (QED) is 0.731. The van der Waals surface area contributed by atoms with Crippen LogP contribution in [0.2, 0.25) is 0 Å². The van der Waals surface area contributed by atoms with Gasteiger partial charge in [0.1, 0.15) is 17.7 Å². The van der Waals surface area contributed by atoms with Crippen LogP contribution in [0.3, 0.4) is 0 Å². The fourth-order valence-corrected chi connectivity index (χ4v) is 3.88. The monoisotopic (exact) mass is 356 g/mol. The number of nitriles is 1. The summed E-state index contributed by atoms with van der Waals surface area (Å²) in [4.78, 5) is 14.5. The molecule has 3 N–H and O–H groups in total. The van der Waals surface area contributed by atoms with E-state index in [4.69, 9.17) is 5.11 Å². The Hall–Kier alpha value is -2.20. The molecule has 1 saturated heterocycles. The van der Waals surface area contributed by atoms with E-state index in [1.807, 2.05) is 0 Å². The zero-order chi connectivity index (χ0) is 18.7. The molecule has 1 aliphatic carbocycles. The fourth-order valence-electron chi connectivity index (χ4n) is 3.88. The Bertz CT molecular complexity index is 758. The maximum Gasteiger partial charge on any atom is 0.179 e. The van der Waals surface area contributed by atoms with Gasteiger partial charge in [-0.05, 0) is 42.4 Å². The molecule has 26 heavy (non-hydrogen) atoms. The molecule has 138 valence electrons. The van der Waals surface area contributed by atoms with Crippen LogP contribution in [-0.2, 0) is 11.2 Å². The maximum atomic E-state index is 12.5. The van der Waals surface area contributed by atoms with Crippen molar-refractivity contribution in [1.82, 2.24) is 4.90 Å². The highest BCUT2D eigenvalue weighted by molar-refractivity contribution is 6.09. The van der Waals surface area contributed by atoms with E-state index in [2.05, 4.69) is 11.0 Å². The first-order valence-electron chi connectivity index (χ1n) is 9.04. The van der Waals surface area contributed by atoms with Gasteiger partial charge in [0.05, 0.1) is 12.3 Å². The second-order valence-corrected chi connectivity index (χ2v) is 6.99. The fraction of sp³-hybridized carbons (Fsp3) is 0.500. The number of rotatable bonds is 5. The molecule has 3 rings (SSSR count). The summed E-state index contributed by atoms with van der Waals surface area (Å²) >= 11 is 0.